The van der Waals surface area contributed by atoms with Gasteiger partial charge < -0.3 is 15.9 Å². The van der Waals surface area contributed by atoms with Crippen molar-refractivity contribution in [2.75, 3.05) is 5.32 Å². The van der Waals surface area contributed by atoms with E-state index in [9.17, 15) is 9.59 Å². The molecule has 1 aliphatic heterocycles. The van der Waals surface area contributed by atoms with Crippen LogP contribution in [0.15, 0.2) is 16.6 Å². The van der Waals surface area contributed by atoms with Crippen molar-refractivity contribution in [2.45, 2.75) is 44.6 Å². The minimum Gasteiger partial charge on any atom is -0.383 e. The van der Waals surface area contributed by atoms with Gasteiger partial charge in [0.05, 0.1) is 30.2 Å². The summed E-state index contributed by atoms with van der Waals surface area (Å²) < 4.78 is 0.413. The van der Waals surface area contributed by atoms with Crippen molar-refractivity contribution in [2.24, 2.45) is 10.9 Å². The minimum absolute atomic E-state index is 0.249. The Balaban J connectivity index is 1.47. The smallest absolute Gasteiger partial charge is 0.266 e. The molecule has 0 spiro atoms. The molecule has 6 nitrogen and oxygen atoms in total. The van der Waals surface area contributed by atoms with Crippen molar-refractivity contribution >= 4 is 91.3 Å². The minimum atomic E-state index is -0.796. The lowest BCUT2D eigenvalue weighted by atomic mass is 9.89. The van der Waals surface area contributed by atoms with Gasteiger partial charge in [-0.1, -0.05) is 40.0 Å². The van der Waals surface area contributed by atoms with Gasteiger partial charge in [-0.15, -0.1) is 34.0 Å². The Kier molecular flexibility index (Phi) is 6.46. The highest BCUT2D eigenvalue weighted by atomic mass is 35.5. The molecule has 4 heterocycles. The second-order valence-electron chi connectivity index (χ2n) is 8.28. The summed E-state index contributed by atoms with van der Waals surface area (Å²) in [7, 11) is 0. The molecule has 1 unspecified atom stereocenters. The highest BCUT2D eigenvalue weighted by Crippen LogP contribution is 2.50. The number of fused-ring (bicyclic) bond motifs is 1. The molecule has 1 atom stereocenters. The van der Waals surface area contributed by atoms with Crippen LogP contribution in [0.1, 0.15) is 67.1 Å². The van der Waals surface area contributed by atoms with Crippen LogP contribution in [-0.2, 0) is 23.3 Å². The van der Waals surface area contributed by atoms with E-state index in [2.05, 4.69) is 10.5 Å². The van der Waals surface area contributed by atoms with Gasteiger partial charge in [0.25, 0.3) is 11.8 Å². The number of hydrogen-bond acceptors (Lipinski definition) is 7. The number of anilines is 1. The van der Waals surface area contributed by atoms with Crippen LogP contribution in [-0.4, -0.2) is 17.5 Å². The van der Waals surface area contributed by atoms with Gasteiger partial charge in [-0.25, -0.2) is 0 Å². The first-order valence-corrected chi connectivity index (χ1v) is 14.1. The fourth-order valence-corrected chi connectivity index (χ4v) is 8.35. The number of rotatable bonds is 5. The van der Waals surface area contributed by atoms with E-state index < -0.39 is 11.5 Å². The Morgan fingerprint density at radius 3 is 2.56 bits per heavy atom. The number of oxime groups is 1. The third-order valence-electron chi connectivity index (χ3n) is 5.94. The number of thiophene rings is 3. The van der Waals surface area contributed by atoms with Crippen molar-refractivity contribution in [1.82, 2.24) is 0 Å². The average molecular weight is 575 g/mol. The van der Waals surface area contributed by atoms with Gasteiger partial charge in [0.1, 0.15) is 15.0 Å². The molecule has 2 amide bonds. The molecule has 34 heavy (non-hydrogen) atoms. The molecule has 0 bridgehead atoms. The summed E-state index contributed by atoms with van der Waals surface area (Å²) >= 11 is 22.8. The summed E-state index contributed by atoms with van der Waals surface area (Å²) in [5.74, 6) is -0.823. The second kappa shape index (κ2) is 9.11. The predicted molar refractivity (Wildman–Crippen MR) is 141 cm³/mol. The zero-order valence-electron chi connectivity index (χ0n) is 17.8. The quantitative estimate of drug-likeness (QED) is 0.340. The van der Waals surface area contributed by atoms with Gasteiger partial charge in [0.15, 0.2) is 5.60 Å². The maximum absolute atomic E-state index is 13.3. The van der Waals surface area contributed by atoms with Crippen LogP contribution in [0.4, 0.5) is 5.00 Å². The molecule has 2 aliphatic rings. The van der Waals surface area contributed by atoms with E-state index in [4.69, 9.17) is 45.4 Å². The maximum atomic E-state index is 13.3. The monoisotopic (exact) mass is 573 g/mol. The summed E-state index contributed by atoms with van der Waals surface area (Å²) in [6.07, 6.45) is 4.21. The van der Waals surface area contributed by atoms with Crippen molar-refractivity contribution in [1.29, 1.82) is 0 Å². The van der Waals surface area contributed by atoms with Gasteiger partial charge in [-0.3, -0.25) is 9.59 Å². The van der Waals surface area contributed by atoms with Crippen LogP contribution in [0.5, 0.6) is 0 Å². The molecule has 0 saturated heterocycles. The number of amides is 2. The second-order valence-corrected chi connectivity index (χ2v) is 12.6. The van der Waals surface area contributed by atoms with Crippen molar-refractivity contribution in [3.63, 3.8) is 0 Å². The number of primary amides is 1. The first-order valence-electron chi connectivity index (χ1n) is 10.4. The number of carbonyl (C=O) groups is 2. The summed E-state index contributed by atoms with van der Waals surface area (Å²) in [5, 5.41) is 10.2. The number of nitrogens with one attached hydrogen (secondary N) is 1. The highest BCUT2D eigenvalue weighted by Gasteiger charge is 2.42. The van der Waals surface area contributed by atoms with Crippen molar-refractivity contribution in [3.05, 3.63) is 57.1 Å². The SMILES string of the molecule is CC1(c2sc(Cl)c(Cl)c2Cl)CC(c2sc(C(=O)Nc3sccc3C(N)=O)c3c2CCCC3)=NO1. The molecule has 178 valence electrons. The lowest BCUT2D eigenvalue weighted by molar-refractivity contribution is -0.00439. The normalized spacial score (nSPS) is 19.5. The molecule has 1 aliphatic carbocycles. The molecular formula is C22H18Cl3N3O3S3. The van der Waals surface area contributed by atoms with E-state index >= 15 is 0 Å². The number of nitrogens with two attached hydrogens (primary N) is 1. The van der Waals surface area contributed by atoms with Gasteiger partial charge in [-0.05, 0) is 55.2 Å². The Labute approximate surface area is 222 Å². The summed E-state index contributed by atoms with van der Waals surface area (Å²) in [6, 6.07) is 1.61. The maximum Gasteiger partial charge on any atom is 0.266 e. The van der Waals surface area contributed by atoms with Crippen LogP contribution < -0.4 is 11.1 Å². The van der Waals surface area contributed by atoms with E-state index in [1.807, 2.05) is 6.92 Å². The summed E-state index contributed by atoms with van der Waals surface area (Å²) in [5.41, 5.74) is 7.89. The van der Waals surface area contributed by atoms with E-state index in [-0.39, 0.29) is 5.91 Å². The van der Waals surface area contributed by atoms with Crippen LogP contribution in [0.3, 0.4) is 0 Å². The zero-order chi connectivity index (χ0) is 24.2. The largest absolute Gasteiger partial charge is 0.383 e. The molecule has 0 saturated carbocycles. The van der Waals surface area contributed by atoms with Crippen molar-refractivity contribution < 1.29 is 14.4 Å². The number of nitrogens with zero attached hydrogens (tertiary/aromatic N) is 1. The first kappa shape index (κ1) is 24.1. The van der Waals surface area contributed by atoms with E-state index in [0.29, 0.717) is 36.2 Å². The van der Waals surface area contributed by atoms with E-state index in [1.165, 1.54) is 34.0 Å². The first-order chi connectivity index (χ1) is 16.2. The number of hydrogen-bond donors (Lipinski definition) is 2. The predicted octanol–water partition coefficient (Wildman–Crippen LogP) is 7.10. The Morgan fingerprint density at radius 1 is 1.15 bits per heavy atom. The molecular weight excluding hydrogens is 557 g/mol. The molecule has 0 fully saturated rings. The number of carbonyl (C=O) groups excluding carboxylic acids is 2. The van der Waals surface area contributed by atoms with Crippen LogP contribution in [0.25, 0.3) is 0 Å². The average Bonchev–Trinajstić information content (AvgIpc) is 3.57. The van der Waals surface area contributed by atoms with Gasteiger partial charge in [-0.2, -0.15) is 0 Å². The third-order valence-corrected chi connectivity index (χ3v) is 10.9. The van der Waals surface area contributed by atoms with Crippen LogP contribution >= 0.6 is 68.8 Å². The topological polar surface area (TPSA) is 93.8 Å². The fraction of sp³-hybridized carbons (Fsp3) is 0.318. The zero-order valence-corrected chi connectivity index (χ0v) is 22.5. The Bertz CT molecular complexity index is 1360. The molecule has 3 aromatic heterocycles. The van der Waals surface area contributed by atoms with Gasteiger partial charge >= 0.3 is 0 Å². The lowest BCUT2D eigenvalue weighted by Crippen LogP contribution is -2.21. The van der Waals surface area contributed by atoms with Gasteiger partial charge in [0.2, 0.25) is 0 Å². The standard InChI is InChI=1S/C22H18Cl3N3O3S3/c1-22(17-13(23)14(24)18(25)34-17)8-12(28-31-22)15-9-4-2-3-5-10(9)16(33-15)20(30)27-21-11(19(26)29)6-7-32-21/h6-7H,2-5,8H2,1H3,(H2,26,29)(H,27,30). The summed E-state index contributed by atoms with van der Waals surface area (Å²) in [6.45, 7) is 1.91. The Hall–Kier alpha value is -1.62. The molecule has 0 aromatic carbocycles. The molecule has 5 rings (SSSR count). The van der Waals surface area contributed by atoms with Gasteiger partial charge in [0, 0.05) is 6.42 Å². The number of halogens is 3. The molecule has 3 aromatic rings. The van der Waals surface area contributed by atoms with E-state index in [1.54, 1.807) is 11.4 Å². The summed E-state index contributed by atoms with van der Waals surface area (Å²) in [4.78, 5) is 33.1. The van der Waals surface area contributed by atoms with Crippen LogP contribution in [0.2, 0.25) is 14.4 Å². The van der Waals surface area contributed by atoms with E-state index in [0.717, 1.165) is 52.3 Å². The molecule has 3 N–H and O–H groups in total. The van der Waals surface area contributed by atoms with Crippen molar-refractivity contribution in [3.8, 4) is 0 Å². The third kappa shape index (κ3) is 4.06. The lowest BCUT2D eigenvalue weighted by Gasteiger charge is -2.20. The molecule has 12 heteroatoms. The molecule has 0 radical (unpaired) electrons. The Morgan fingerprint density at radius 2 is 1.88 bits per heavy atom. The van der Waals surface area contributed by atoms with Crippen LogP contribution in [0, 0.1) is 0 Å². The highest BCUT2D eigenvalue weighted by molar-refractivity contribution is 7.18. The fourth-order valence-electron chi connectivity index (χ4n) is 4.30.